The molecule has 4 rings (SSSR count). The van der Waals surface area contributed by atoms with Gasteiger partial charge >= 0.3 is 0 Å². The summed E-state index contributed by atoms with van der Waals surface area (Å²) in [6.07, 6.45) is 7.98. The topological polar surface area (TPSA) is 64.3 Å². The molecule has 0 spiro atoms. The van der Waals surface area contributed by atoms with Gasteiger partial charge in [-0.15, -0.1) is 0 Å². The number of nitrogens with zero attached hydrogens (tertiary/aromatic N) is 3. The van der Waals surface area contributed by atoms with Crippen LogP contribution in [0.15, 0.2) is 42.2 Å². The Morgan fingerprint density at radius 1 is 1.26 bits per heavy atom. The fourth-order valence-corrected chi connectivity index (χ4v) is 3.13. The van der Waals surface area contributed by atoms with Crippen molar-refractivity contribution >= 4 is 11.5 Å². The van der Waals surface area contributed by atoms with E-state index in [0.29, 0.717) is 5.69 Å². The van der Waals surface area contributed by atoms with Gasteiger partial charge in [0.1, 0.15) is 11.5 Å². The molecule has 1 aromatic carbocycles. The molecule has 0 unspecified atom stereocenters. The van der Waals surface area contributed by atoms with Gasteiger partial charge in [-0.25, -0.2) is 18.7 Å². The molecule has 0 radical (unpaired) electrons. The average Bonchev–Trinajstić information content (AvgIpc) is 3.42. The molecule has 5 nitrogen and oxygen atoms in total. The molecule has 7 heteroatoms. The molecule has 0 bridgehead atoms. The van der Waals surface area contributed by atoms with E-state index >= 15 is 0 Å². The SMILES string of the molecule is CC1=CC(c2nc(N)ncc2Oc2ccc(F)cc2F)=CN(CC2CC2)C1. The molecule has 1 aromatic heterocycles. The molecule has 2 N–H and O–H groups in total. The fourth-order valence-electron chi connectivity index (χ4n) is 3.13. The lowest BCUT2D eigenvalue weighted by Crippen LogP contribution is -2.25. The minimum atomic E-state index is -0.794. The Hall–Kier alpha value is -2.96. The average molecular weight is 370 g/mol. The molecule has 1 fully saturated rings. The fraction of sp³-hybridized carbons (Fsp3) is 0.300. The maximum absolute atomic E-state index is 14.0. The number of anilines is 1. The molecule has 0 atom stereocenters. The maximum Gasteiger partial charge on any atom is 0.220 e. The lowest BCUT2D eigenvalue weighted by Gasteiger charge is -2.26. The molecule has 2 aliphatic rings. The molecular formula is C20H20F2N4O. The van der Waals surface area contributed by atoms with E-state index in [2.05, 4.69) is 21.8 Å². The van der Waals surface area contributed by atoms with Crippen LogP contribution in [0.5, 0.6) is 11.5 Å². The Kier molecular flexibility index (Phi) is 4.51. The molecule has 0 saturated heterocycles. The van der Waals surface area contributed by atoms with Gasteiger partial charge in [0.15, 0.2) is 17.3 Å². The molecule has 1 aliphatic carbocycles. The van der Waals surface area contributed by atoms with Gasteiger partial charge in [0, 0.05) is 30.9 Å². The predicted octanol–water partition coefficient (Wildman–Crippen LogP) is 4.14. The van der Waals surface area contributed by atoms with Gasteiger partial charge < -0.3 is 15.4 Å². The van der Waals surface area contributed by atoms with E-state index in [0.717, 1.165) is 36.7 Å². The van der Waals surface area contributed by atoms with Crippen molar-refractivity contribution < 1.29 is 13.5 Å². The highest BCUT2D eigenvalue weighted by molar-refractivity contribution is 5.77. The number of rotatable bonds is 5. The van der Waals surface area contributed by atoms with Crippen molar-refractivity contribution in [3.8, 4) is 11.5 Å². The molecule has 140 valence electrons. The van der Waals surface area contributed by atoms with Crippen molar-refractivity contribution in [1.29, 1.82) is 0 Å². The van der Waals surface area contributed by atoms with E-state index in [1.54, 1.807) is 0 Å². The number of nitrogens with two attached hydrogens (primary N) is 1. The Labute approximate surface area is 156 Å². The van der Waals surface area contributed by atoms with Gasteiger partial charge in [0.2, 0.25) is 5.95 Å². The van der Waals surface area contributed by atoms with Crippen LogP contribution in [0, 0.1) is 17.6 Å². The van der Waals surface area contributed by atoms with Gasteiger partial charge in [-0.2, -0.15) is 0 Å². The van der Waals surface area contributed by atoms with Gasteiger partial charge in [-0.3, -0.25) is 0 Å². The summed E-state index contributed by atoms with van der Waals surface area (Å²) in [6.45, 7) is 3.92. The minimum Gasteiger partial charge on any atom is -0.450 e. The van der Waals surface area contributed by atoms with Crippen LogP contribution in [0.4, 0.5) is 14.7 Å². The summed E-state index contributed by atoms with van der Waals surface area (Å²) in [5.74, 6) is -0.456. The smallest absolute Gasteiger partial charge is 0.220 e. The summed E-state index contributed by atoms with van der Waals surface area (Å²) < 4.78 is 32.8. The normalized spacial score (nSPS) is 16.8. The standard InChI is InChI=1S/C20H20F2N4O/c1-12-6-14(11-26(9-12)10-13-2-3-13)19-18(8-24-20(23)25-19)27-17-5-4-15(21)7-16(17)22/h4-8,11,13H,2-3,9-10H2,1H3,(H2,23,24,25). The summed E-state index contributed by atoms with van der Waals surface area (Å²) in [6, 6.07) is 3.15. The number of benzene rings is 1. The van der Waals surface area contributed by atoms with Gasteiger partial charge in [0.25, 0.3) is 0 Å². The van der Waals surface area contributed by atoms with Crippen LogP contribution in [0.25, 0.3) is 5.57 Å². The molecule has 27 heavy (non-hydrogen) atoms. The zero-order chi connectivity index (χ0) is 19.0. The van der Waals surface area contributed by atoms with E-state index in [-0.39, 0.29) is 17.4 Å². The summed E-state index contributed by atoms with van der Waals surface area (Å²) in [7, 11) is 0. The zero-order valence-electron chi connectivity index (χ0n) is 15.0. The van der Waals surface area contributed by atoms with E-state index in [1.807, 2.05) is 12.3 Å². The maximum atomic E-state index is 14.0. The second kappa shape index (κ2) is 6.98. The number of aromatic nitrogens is 2. The van der Waals surface area contributed by atoms with Gasteiger partial charge in [0.05, 0.1) is 6.20 Å². The monoisotopic (exact) mass is 370 g/mol. The third-order valence-corrected chi connectivity index (χ3v) is 4.53. The Morgan fingerprint density at radius 3 is 2.81 bits per heavy atom. The summed E-state index contributed by atoms with van der Waals surface area (Å²) >= 11 is 0. The quantitative estimate of drug-likeness (QED) is 0.857. The highest BCUT2D eigenvalue weighted by Gasteiger charge is 2.25. The highest BCUT2D eigenvalue weighted by Crippen LogP contribution is 2.35. The molecule has 0 amide bonds. The number of hydrogen-bond donors (Lipinski definition) is 1. The summed E-state index contributed by atoms with van der Waals surface area (Å²) in [4.78, 5) is 10.5. The van der Waals surface area contributed by atoms with Crippen molar-refractivity contribution in [2.45, 2.75) is 19.8 Å². The lowest BCUT2D eigenvalue weighted by atomic mass is 10.0. The molecule has 1 aliphatic heterocycles. The first kappa shape index (κ1) is 17.5. The lowest BCUT2D eigenvalue weighted by molar-refractivity contribution is 0.384. The van der Waals surface area contributed by atoms with Crippen molar-refractivity contribution in [2.75, 3.05) is 18.8 Å². The molecule has 1 saturated carbocycles. The van der Waals surface area contributed by atoms with E-state index in [9.17, 15) is 8.78 Å². The number of allylic oxidation sites excluding steroid dienone is 2. The van der Waals surface area contributed by atoms with E-state index in [4.69, 9.17) is 10.5 Å². The van der Waals surface area contributed by atoms with Crippen LogP contribution < -0.4 is 10.5 Å². The van der Waals surface area contributed by atoms with Crippen LogP contribution in [-0.2, 0) is 0 Å². The third-order valence-electron chi connectivity index (χ3n) is 4.53. The third kappa shape index (κ3) is 4.07. The Bertz CT molecular complexity index is 938. The van der Waals surface area contributed by atoms with Crippen LogP contribution >= 0.6 is 0 Å². The summed E-state index contributed by atoms with van der Waals surface area (Å²) in [5, 5.41) is 0. The first-order valence-electron chi connectivity index (χ1n) is 8.87. The van der Waals surface area contributed by atoms with Crippen molar-refractivity contribution in [3.05, 3.63) is 59.6 Å². The first-order chi connectivity index (χ1) is 13.0. The van der Waals surface area contributed by atoms with Crippen molar-refractivity contribution in [1.82, 2.24) is 14.9 Å². The second-order valence-electron chi connectivity index (χ2n) is 7.07. The first-order valence-corrected chi connectivity index (χ1v) is 8.87. The van der Waals surface area contributed by atoms with Gasteiger partial charge in [-0.1, -0.05) is 11.6 Å². The Balaban J connectivity index is 1.69. The van der Waals surface area contributed by atoms with E-state index in [1.165, 1.54) is 30.7 Å². The van der Waals surface area contributed by atoms with Crippen LogP contribution in [0.3, 0.4) is 0 Å². The number of hydrogen-bond acceptors (Lipinski definition) is 5. The second-order valence-corrected chi connectivity index (χ2v) is 7.07. The van der Waals surface area contributed by atoms with Crippen LogP contribution in [0.1, 0.15) is 25.5 Å². The summed E-state index contributed by atoms with van der Waals surface area (Å²) in [5.41, 5.74) is 8.26. The van der Waals surface area contributed by atoms with Crippen LogP contribution in [-0.4, -0.2) is 28.0 Å². The van der Waals surface area contributed by atoms with Crippen molar-refractivity contribution in [3.63, 3.8) is 0 Å². The van der Waals surface area contributed by atoms with Crippen LogP contribution in [0.2, 0.25) is 0 Å². The molecule has 2 heterocycles. The number of nitrogen functional groups attached to an aromatic ring is 1. The minimum absolute atomic E-state index is 0.0991. The van der Waals surface area contributed by atoms with Gasteiger partial charge in [-0.05, 0) is 37.8 Å². The van der Waals surface area contributed by atoms with E-state index < -0.39 is 11.6 Å². The largest absolute Gasteiger partial charge is 0.450 e. The number of ether oxygens (including phenoxy) is 1. The van der Waals surface area contributed by atoms with Crippen molar-refractivity contribution in [2.24, 2.45) is 5.92 Å². The number of halogens is 2. The molecular weight excluding hydrogens is 350 g/mol. The zero-order valence-corrected chi connectivity index (χ0v) is 15.0. The highest BCUT2D eigenvalue weighted by atomic mass is 19.1. The predicted molar refractivity (Wildman–Crippen MR) is 98.9 cm³/mol. The molecule has 2 aromatic rings. The Morgan fingerprint density at radius 2 is 2.07 bits per heavy atom.